The summed E-state index contributed by atoms with van der Waals surface area (Å²) in [7, 11) is 1.76. The smallest absolute Gasteiger partial charge is 0.247 e. The number of nitrogens with one attached hydrogen (secondary N) is 1. The number of hydrogen-bond donors (Lipinski definition) is 1. The SMILES string of the molecule is CCCC(=O)N1CCCC1C(=O)Nc1cccc(-c2nnnn2C)c1. The van der Waals surface area contributed by atoms with Crippen molar-refractivity contribution in [1.29, 1.82) is 0 Å². The van der Waals surface area contributed by atoms with Crippen molar-refractivity contribution in [2.45, 2.75) is 38.6 Å². The van der Waals surface area contributed by atoms with Gasteiger partial charge in [0.1, 0.15) is 6.04 Å². The van der Waals surface area contributed by atoms with Gasteiger partial charge in [0.2, 0.25) is 11.8 Å². The van der Waals surface area contributed by atoms with E-state index in [9.17, 15) is 9.59 Å². The Hall–Kier alpha value is -2.77. The zero-order chi connectivity index (χ0) is 17.8. The molecule has 2 aromatic rings. The number of nitrogens with zero attached hydrogens (tertiary/aromatic N) is 5. The van der Waals surface area contributed by atoms with Gasteiger partial charge in [-0.05, 0) is 41.8 Å². The largest absolute Gasteiger partial charge is 0.331 e. The number of aromatic nitrogens is 4. The zero-order valence-electron chi connectivity index (χ0n) is 14.5. The minimum atomic E-state index is -0.390. The molecule has 2 amide bonds. The van der Waals surface area contributed by atoms with Crippen LogP contribution in [-0.4, -0.2) is 49.5 Å². The van der Waals surface area contributed by atoms with E-state index in [1.54, 1.807) is 16.6 Å². The molecule has 1 unspecified atom stereocenters. The fourth-order valence-electron chi connectivity index (χ4n) is 3.13. The molecule has 1 saturated heterocycles. The number of carbonyl (C=O) groups is 2. The van der Waals surface area contributed by atoms with Gasteiger partial charge in [-0.3, -0.25) is 9.59 Å². The summed E-state index contributed by atoms with van der Waals surface area (Å²) in [5, 5.41) is 14.3. The molecule has 0 aliphatic carbocycles. The first kappa shape index (κ1) is 17.1. The van der Waals surface area contributed by atoms with Crippen LogP contribution in [-0.2, 0) is 16.6 Å². The molecular formula is C17H22N6O2. The number of rotatable bonds is 5. The Morgan fingerprint density at radius 2 is 2.20 bits per heavy atom. The first-order chi connectivity index (χ1) is 12.1. The van der Waals surface area contributed by atoms with E-state index in [0.29, 0.717) is 30.9 Å². The highest BCUT2D eigenvalue weighted by atomic mass is 16.2. The van der Waals surface area contributed by atoms with E-state index in [0.717, 1.165) is 18.4 Å². The van der Waals surface area contributed by atoms with E-state index in [4.69, 9.17) is 0 Å². The average molecular weight is 342 g/mol. The molecule has 0 spiro atoms. The molecule has 3 rings (SSSR count). The van der Waals surface area contributed by atoms with E-state index in [1.807, 2.05) is 31.2 Å². The van der Waals surface area contributed by atoms with E-state index in [1.165, 1.54) is 0 Å². The maximum absolute atomic E-state index is 12.6. The quantitative estimate of drug-likeness (QED) is 0.891. The van der Waals surface area contributed by atoms with Crippen molar-refractivity contribution in [2.24, 2.45) is 7.05 Å². The summed E-state index contributed by atoms with van der Waals surface area (Å²) < 4.78 is 1.57. The number of amides is 2. The van der Waals surface area contributed by atoms with Crippen LogP contribution >= 0.6 is 0 Å². The van der Waals surface area contributed by atoms with Crippen LogP contribution in [0, 0.1) is 0 Å². The van der Waals surface area contributed by atoms with Crippen molar-refractivity contribution < 1.29 is 9.59 Å². The van der Waals surface area contributed by atoms with Crippen LogP contribution < -0.4 is 5.32 Å². The molecule has 1 fully saturated rings. The Labute approximate surface area is 146 Å². The van der Waals surface area contributed by atoms with Gasteiger partial charge in [0, 0.05) is 31.3 Å². The van der Waals surface area contributed by atoms with Crippen LogP contribution in [0.4, 0.5) is 5.69 Å². The van der Waals surface area contributed by atoms with E-state index in [-0.39, 0.29) is 17.9 Å². The van der Waals surface area contributed by atoms with Crippen LogP contribution in [0.1, 0.15) is 32.6 Å². The number of hydrogen-bond acceptors (Lipinski definition) is 5. The molecule has 2 heterocycles. The zero-order valence-corrected chi connectivity index (χ0v) is 14.5. The normalized spacial score (nSPS) is 16.9. The number of tetrazole rings is 1. The molecule has 1 N–H and O–H groups in total. The number of carbonyl (C=O) groups excluding carboxylic acids is 2. The minimum absolute atomic E-state index is 0.0547. The van der Waals surface area contributed by atoms with E-state index < -0.39 is 0 Å². The Morgan fingerprint density at radius 3 is 2.92 bits per heavy atom. The minimum Gasteiger partial charge on any atom is -0.331 e. The second kappa shape index (κ2) is 7.42. The maximum atomic E-state index is 12.6. The highest BCUT2D eigenvalue weighted by molar-refractivity contribution is 5.97. The summed E-state index contributed by atoms with van der Waals surface area (Å²) in [5.74, 6) is 0.533. The van der Waals surface area contributed by atoms with Crippen molar-refractivity contribution in [3.63, 3.8) is 0 Å². The summed E-state index contributed by atoms with van der Waals surface area (Å²) in [6.07, 6.45) is 2.84. The fourth-order valence-corrected chi connectivity index (χ4v) is 3.13. The molecule has 1 atom stereocenters. The topological polar surface area (TPSA) is 93.0 Å². The number of likely N-dealkylation sites (tertiary alicyclic amines) is 1. The van der Waals surface area contributed by atoms with Crippen LogP contribution in [0.5, 0.6) is 0 Å². The molecule has 25 heavy (non-hydrogen) atoms. The Balaban J connectivity index is 1.73. The maximum Gasteiger partial charge on any atom is 0.247 e. The van der Waals surface area contributed by atoms with Crippen LogP contribution in [0.25, 0.3) is 11.4 Å². The summed E-state index contributed by atoms with van der Waals surface area (Å²) in [5.41, 5.74) is 1.48. The lowest BCUT2D eigenvalue weighted by atomic mass is 10.1. The molecular weight excluding hydrogens is 320 g/mol. The van der Waals surface area contributed by atoms with Gasteiger partial charge in [0.25, 0.3) is 0 Å². The Kier molecular flexibility index (Phi) is 5.06. The van der Waals surface area contributed by atoms with Crippen molar-refractivity contribution in [2.75, 3.05) is 11.9 Å². The molecule has 132 valence electrons. The number of anilines is 1. The van der Waals surface area contributed by atoms with Gasteiger partial charge in [0.15, 0.2) is 5.82 Å². The standard InChI is InChI=1S/C17H22N6O2/c1-3-6-15(24)23-10-5-9-14(23)17(25)18-13-8-4-7-12(11-13)16-19-20-21-22(16)2/h4,7-8,11,14H,3,5-6,9-10H2,1-2H3,(H,18,25). The van der Waals surface area contributed by atoms with Crippen LogP contribution in [0.15, 0.2) is 24.3 Å². The first-order valence-corrected chi connectivity index (χ1v) is 8.53. The summed E-state index contributed by atoms with van der Waals surface area (Å²) >= 11 is 0. The van der Waals surface area contributed by atoms with Crippen LogP contribution in [0.3, 0.4) is 0 Å². The van der Waals surface area contributed by atoms with Crippen molar-refractivity contribution in [3.05, 3.63) is 24.3 Å². The third-order valence-electron chi connectivity index (χ3n) is 4.35. The number of aryl methyl sites for hydroxylation is 1. The summed E-state index contributed by atoms with van der Waals surface area (Å²) in [6, 6.07) is 6.98. The molecule has 8 nitrogen and oxygen atoms in total. The van der Waals surface area contributed by atoms with E-state index in [2.05, 4.69) is 20.8 Å². The monoisotopic (exact) mass is 342 g/mol. The first-order valence-electron chi connectivity index (χ1n) is 8.53. The molecule has 0 radical (unpaired) electrons. The fraction of sp³-hybridized carbons (Fsp3) is 0.471. The second-order valence-electron chi connectivity index (χ2n) is 6.19. The van der Waals surface area contributed by atoms with Crippen molar-refractivity contribution in [3.8, 4) is 11.4 Å². The highest BCUT2D eigenvalue weighted by Gasteiger charge is 2.33. The number of benzene rings is 1. The van der Waals surface area contributed by atoms with Crippen LogP contribution in [0.2, 0.25) is 0 Å². The van der Waals surface area contributed by atoms with Gasteiger partial charge >= 0.3 is 0 Å². The van der Waals surface area contributed by atoms with Gasteiger partial charge in [-0.1, -0.05) is 19.1 Å². The lowest BCUT2D eigenvalue weighted by Gasteiger charge is -2.24. The Bertz CT molecular complexity index is 772. The van der Waals surface area contributed by atoms with Gasteiger partial charge in [-0.15, -0.1) is 5.10 Å². The predicted octanol–water partition coefficient (Wildman–Crippen LogP) is 1.61. The molecule has 1 aromatic heterocycles. The Morgan fingerprint density at radius 1 is 1.36 bits per heavy atom. The molecule has 8 heteroatoms. The third-order valence-corrected chi connectivity index (χ3v) is 4.35. The molecule has 1 aliphatic rings. The summed E-state index contributed by atoms with van der Waals surface area (Å²) in [6.45, 7) is 2.62. The average Bonchev–Trinajstić information content (AvgIpc) is 3.24. The van der Waals surface area contributed by atoms with Gasteiger partial charge in [-0.25, -0.2) is 4.68 Å². The molecule has 0 saturated carbocycles. The predicted molar refractivity (Wildman–Crippen MR) is 92.5 cm³/mol. The highest BCUT2D eigenvalue weighted by Crippen LogP contribution is 2.23. The third kappa shape index (κ3) is 3.67. The lowest BCUT2D eigenvalue weighted by Crippen LogP contribution is -2.43. The van der Waals surface area contributed by atoms with Crippen molar-refractivity contribution in [1.82, 2.24) is 25.1 Å². The lowest BCUT2D eigenvalue weighted by molar-refractivity contribution is -0.136. The molecule has 1 aromatic carbocycles. The van der Waals surface area contributed by atoms with Gasteiger partial charge in [-0.2, -0.15) is 0 Å². The van der Waals surface area contributed by atoms with Crippen molar-refractivity contribution >= 4 is 17.5 Å². The van der Waals surface area contributed by atoms with E-state index >= 15 is 0 Å². The summed E-state index contributed by atoms with van der Waals surface area (Å²) in [4.78, 5) is 26.5. The molecule has 1 aliphatic heterocycles. The van der Waals surface area contributed by atoms with Gasteiger partial charge in [0.05, 0.1) is 0 Å². The molecule has 0 bridgehead atoms. The van der Waals surface area contributed by atoms with Gasteiger partial charge < -0.3 is 10.2 Å². The second-order valence-corrected chi connectivity index (χ2v) is 6.19.